The van der Waals surface area contributed by atoms with Crippen LogP contribution in [-0.2, 0) is 9.59 Å². The summed E-state index contributed by atoms with van der Waals surface area (Å²) in [6.45, 7) is 0. The minimum Gasteiger partial charge on any atom is -0.480 e. The van der Waals surface area contributed by atoms with Crippen molar-refractivity contribution in [3.8, 4) is 0 Å². The van der Waals surface area contributed by atoms with Crippen LogP contribution in [0.5, 0.6) is 0 Å². The molecular formula is C11H14N4O4. The number of hydrogen-bond acceptors (Lipinski definition) is 5. The zero-order valence-electron chi connectivity index (χ0n) is 10.00. The first-order valence-electron chi connectivity index (χ1n) is 5.44. The lowest BCUT2D eigenvalue weighted by Crippen LogP contribution is -2.41. The second kappa shape index (κ2) is 6.34. The number of carbonyl (C=O) groups is 3. The number of nitrogens with zero attached hydrogens (tertiary/aromatic N) is 1. The van der Waals surface area contributed by atoms with Gasteiger partial charge >= 0.3 is 5.97 Å². The number of hydrogen-bond donors (Lipinski definition) is 4. The summed E-state index contributed by atoms with van der Waals surface area (Å²) in [5.74, 6) is -2.56. The summed E-state index contributed by atoms with van der Waals surface area (Å²) in [5.41, 5.74) is 10.5. The number of anilines is 1. The first kappa shape index (κ1) is 14.4. The van der Waals surface area contributed by atoms with Crippen LogP contribution in [0.3, 0.4) is 0 Å². The Morgan fingerprint density at radius 2 is 2.11 bits per heavy atom. The number of nitrogen functional groups attached to an aromatic ring is 1. The lowest BCUT2D eigenvalue weighted by molar-refractivity contribution is -0.139. The van der Waals surface area contributed by atoms with Gasteiger partial charge in [-0.25, -0.2) is 9.78 Å². The van der Waals surface area contributed by atoms with Gasteiger partial charge in [-0.2, -0.15) is 0 Å². The predicted octanol–water partition coefficient (Wildman–Crippen LogP) is -0.888. The van der Waals surface area contributed by atoms with Crippen molar-refractivity contribution in [2.24, 2.45) is 5.73 Å². The molecule has 6 N–H and O–H groups in total. The number of pyridine rings is 1. The van der Waals surface area contributed by atoms with Crippen LogP contribution in [0, 0.1) is 0 Å². The van der Waals surface area contributed by atoms with Gasteiger partial charge in [0.2, 0.25) is 5.91 Å². The Kier molecular flexibility index (Phi) is 4.81. The second-order valence-electron chi connectivity index (χ2n) is 3.81. The SMILES string of the molecule is NC(=O)CCC(NC(=O)c1cccnc1N)C(=O)O. The van der Waals surface area contributed by atoms with Crippen LogP contribution in [-0.4, -0.2) is 33.9 Å². The lowest BCUT2D eigenvalue weighted by atomic mass is 10.1. The third-order valence-corrected chi connectivity index (χ3v) is 2.37. The van der Waals surface area contributed by atoms with Crippen molar-refractivity contribution >= 4 is 23.6 Å². The molecule has 0 aliphatic rings. The van der Waals surface area contributed by atoms with Gasteiger partial charge in [-0.3, -0.25) is 9.59 Å². The smallest absolute Gasteiger partial charge is 0.326 e. The van der Waals surface area contributed by atoms with Gasteiger partial charge in [0.25, 0.3) is 5.91 Å². The highest BCUT2D eigenvalue weighted by molar-refractivity contribution is 6.00. The predicted molar refractivity (Wildman–Crippen MR) is 66.0 cm³/mol. The van der Waals surface area contributed by atoms with E-state index in [1.165, 1.54) is 18.3 Å². The van der Waals surface area contributed by atoms with E-state index in [-0.39, 0.29) is 24.2 Å². The Morgan fingerprint density at radius 1 is 1.42 bits per heavy atom. The highest BCUT2D eigenvalue weighted by Gasteiger charge is 2.22. The Hall–Kier alpha value is -2.64. The Morgan fingerprint density at radius 3 is 2.63 bits per heavy atom. The van der Waals surface area contributed by atoms with Gasteiger partial charge in [0.05, 0.1) is 5.56 Å². The number of primary amides is 1. The molecule has 0 bridgehead atoms. The van der Waals surface area contributed by atoms with Crippen LogP contribution in [0.25, 0.3) is 0 Å². The lowest BCUT2D eigenvalue weighted by Gasteiger charge is -2.14. The van der Waals surface area contributed by atoms with E-state index < -0.39 is 23.8 Å². The summed E-state index contributed by atoms with van der Waals surface area (Å²) in [5, 5.41) is 11.2. The van der Waals surface area contributed by atoms with Crippen LogP contribution in [0.2, 0.25) is 0 Å². The van der Waals surface area contributed by atoms with Crippen molar-refractivity contribution in [1.82, 2.24) is 10.3 Å². The van der Waals surface area contributed by atoms with E-state index in [1.54, 1.807) is 0 Å². The maximum absolute atomic E-state index is 11.8. The number of carboxylic acid groups (broad SMARTS) is 1. The van der Waals surface area contributed by atoms with Gasteiger partial charge in [-0.05, 0) is 18.6 Å². The molecule has 8 nitrogen and oxygen atoms in total. The topological polar surface area (TPSA) is 148 Å². The quantitative estimate of drug-likeness (QED) is 0.525. The fourth-order valence-electron chi connectivity index (χ4n) is 1.39. The standard InChI is InChI=1S/C11H14N4O4/c12-8(16)4-3-7(11(18)19)15-10(17)6-2-1-5-14-9(6)13/h1-2,5,7H,3-4H2,(H2,12,16)(H2,13,14)(H,15,17)(H,18,19). The van der Waals surface area contributed by atoms with E-state index >= 15 is 0 Å². The number of aliphatic carboxylic acids is 1. The molecule has 8 heteroatoms. The summed E-state index contributed by atoms with van der Waals surface area (Å²) >= 11 is 0. The Balaban J connectivity index is 2.74. The van der Waals surface area contributed by atoms with Gasteiger partial charge in [0.1, 0.15) is 11.9 Å². The fourth-order valence-corrected chi connectivity index (χ4v) is 1.39. The van der Waals surface area contributed by atoms with Gasteiger partial charge in [-0.1, -0.05) is 0 Å². The Labute approximate surface area is 108 Å². The molecule has 1 aromatic rings. The number of aromatic nitrogens is 1. The third kappa shape index (κ3) is 4.26. The first-order chi connectivity index (χ1) is 8.91. The number of rotatable bonds is 6. The van der Waals surface area contributed by atoms with E-state index in [1.807, 2.05) is 0 Å². The summed E-state index contributed by atoms with van der Waals surface area (Å²) in [4.78, 5) is 37.1. The maximum Gasteiger partial charge on any atom is 0.326 e. The van der Waals surface area contributed by atoms with Crippen LogP contribution >= 0.6 is 0 Å². The molecule has 1 rings (SSSR count). The van der Waals surface area contributed by atoms with Crippen molar-refractivity contribution < 1.29 is 19.5 Å². The minimum absolute atomic E-state index is 0.000889. The average Bonchev–Trinajstić information content (AvgIpc) is 2.34. The van der Waals surface area contributed by atoms with Gasteiger partial charge < -0.3 is 21.9 Å². The van der Waals surface area contributed by atoms with E-state index in [0.29, 0.717) is 0 Å². The highest BCUT2D eigenvalue weighted by Crippen LogP contribution is 2.08. The molecule has 1 aromatic heterocycles. The highest BCUT2D eigenvalue weighted by atomic mass is 16.4. The summed E-state index contributed by atoms with van der Waals surface area (Å²) in [6, 6.07) is 1.72. The maximum atomic E-state index is 11.8. The molecular weight excluding hydrogens is 252 g/mol. The minimum atomic E-state index is -1.25. The van der Waals surface area contributed by atoms with Crippen LogP contribution in [0.1, 0.15) is 23.2 Å². The molecule has 19 heavy (non-hydrogen) atoms. The zero-order valence-corrected chi connectivity index (χ0v) is 10.00. The van der Waals surface area contributed by atoms with E-state index in [9.17, 15) is 14.4 Å². The van der Waals surface area contributed by atoms with Crippen molar-refractivity contribution in [3.05, 3.63) is 23.9 Å². The zero-order chi connectivity index (χ0) is 14.4. The van der Waals surface area contributed by atoms with Gasteiger partial charge in [0, 0.05) is 12.6 Å². The van der Waals surface area contributed by atoms with Crippen LogP contribution < -0.4 is 16.8 Å². The van der Waals surface area contributed by atoms with Crippen molar-refractivity contribution in [3.63, 3.8) is 0 Å². The molecule has 0 aliphatic heterocycles. The van der Waals surface area contributed by atoms with Crippen LogP contribution in [0.15, 0.2) is 18.3 Å². The molecule has 0 aromatic carbocycles. The summed E-state index contributed by atoms with van der Waals surface area (Å²) in [7, 11) is 0. The van der Waals surface area contributed by atoms with E-state index in [0.717, 1.165) is 0 Å². The molecule has 2 amide bonds. The largest absolute Gasteiger partial charge is 0.480 e. The second-order valence-corrected chi connectivity index (χ2v) is 3.81. The number of carboxylic acids is 1. The first-order valence-corrected chi connectivity index (χ1v) is 5.44. The summed E-state index contributed by atoms with van der Waals surface area (Å²) in [6.07, 6.45) is 1.18. The molecule has 0 radical (unpaired) electrons. The van der Waals surface area contributed by atoms with E-state index in [2.05, 4.69) is 10.3 Å². The Bertz CT molecular complexity index is 503. The molecule has 102 valence electrons. The normalized spacial score (nSPS) is 11.6. The van der Waals surface area contributed by atoms with Crippen molar-refractivity contribution in [1.29, 1.82) is 0 Å². The molecule has 0 aliphatic carbocycles. The molecule has 0 saturated carbocycles. The fraction of sp³-hybridized carbons (Fsp3) is 0.273. The number of carbonyl (C=O) groups excluding carboxylic acids is 2. The van der Waals surface area contributed by atoms with Crippen LogP contribution in [0.4, 0.5) is 5.82 Å². The summed E-state index contributed by atoms with van der Waals surface area (Å²) < 4.78 is 0. The molecule has 0 spiro atoms. The molecule has 1 unspecified atom stereocenters. The molecule has 1 atom stereocenters. The molecule has 0 saturated heterocycles. The number of nitrogens with one attached hydrogen (secondary N) is 1. The average molecular weight is 266 g/mol. The monoisotopic (exact) mass is 266 g/mol. The molecule has 1 heterocycles. The van der Waals surface area contributed by atoms with Crippen molar-refractivity contribution in [2.45, 2.75) is 18.9 Å². The number of amides is 2. The van der Waals surface area contributed by atoms with Gasteiger partial charge in [0.15, 0.2) is 0 Å². The van der Waals surface area contributed by atoms with E-state index in [4.69, 9.17) is 16.6 Å². The van der Waals surface area contributed by atoms with Gasteiger partial charge in [-0.15, -0.1) is 0 Å². The van der Waals surface area contributed by atoms with Crippen molar-refractivity contribution in [2.75, 3.05) is 5.73 Å². The number of nitrogens with two attached hydrogens (primary N) is 2. The third-order valence-electron chi connectivity index (χ3n) is 2.37. The molecule has 0 fully saturated rings.